The van der Waals surface area contributed by atoms with Crippen molar-refractivity contribution in [3.8, 4) is 5.75 Å². The zero-order chi connectivity index (χ0) is 20.0. The molecule has 1 unspecified atom stereocenters. The third-order valence-electron chi connectivity index (χ3n) is 4.74. The van der Waals surface area contributed by atoms with E-state index in [-0.39, 0.29) is 30.1 Å². The van der Waals surface area contributed by atoms with Crippen LogP contribution in [0.4, 0.5) is 0 Å². The van der Waals surface area contributed by atoms with E-state index in [1.807, 2.05) is 0 Å². The Bertz CT molecular complexity index is 593. The second-order valence-electron chi connectivity index (χ2n) is 7.23. The number of hydrogen-bond donors (Lipinski definition) is 2. The zero-order valence-corrected chi connectivity index (χ0v) is 20.5. The first-order valence-corrected chi connectivity index (χ1v) is 10.6. The average Bonchev–Trinajstić information content (AvgIpc) is 3.22. The maximum absolute atomic E-state index is 6.07. The van der Waals surface area contributed by atoms with E-state index in [1.54, 1.807) is 7.05 Å². The molecule has 0 saturated carbocycles. The van der Waals surface area contributed by atoms with Gasteiger partial charge in [-0.25, -0.2) is 0 Å². The maximum Gasteiger partial charge on any atom is 0.191 e. The van der Waals surface area contributed by atoms with Gasteiger partial charge in [-0.2, -0.15) is 0 Å². The van der Waals surface area contributed by atoms with E-state index in [2.05, 4.69) is 47.7 Å². The number of nitrogens with zero attached hydrogens (tertiary/aromatic N) is 1. The van der Waals surface area contributed by atoms with Gasteiger partial charge in [-0.05, 0) is 44.2 Å². The van der Waals surface area contributed by atoms with Crippen LogP contribution in [0, 0.1) is 6.92 Å². The molecule has 7 heteroatoms. The second kappa shape index (κ2) is 15.7. The highest BCUT2D eigenvalue weighted by molar-refractivity contribution is 14.0. The van der Waals surface area contributed by atoms with E-state index < -0.39 is 0 Å². The fourth-order valence-corrected chi connectivity index (χ4v) is 3.03. The first-order chi connectivity index (χ1) is 13.7. The van der Waals surface area contributed by atoms with Crippen LogP contribution in [0.15, 0.2) is 23.2 Å². The lowest BCUT2D eigenvalue weighted by Gasteiger charge is -2.17. The van der Waals surface area contributed by atoms with E-state index in [1.165, 1.54) is 12.0 Å². The highest BCUT2D eigenvalue weighted by Gasteiger charge is 2.17. The van der Waals surface area contributed by atoms with Crippen LogP contribution >= 0.6 is 24.0 Å². The molecule has 1 heterocycles. The molecule has 29 heavy (non-hydrogen) atoms. The molecule has 166 valence electrons. The van der Waals surface area contributed by atoms with Crippen molar-refractivity contribution in [1.29, 1.82) is 0 Å². The summed E-state index contributed by atoms with van der Waals surface area (Å²) in [6, 6.07) is 6.32. The number of ether oxygens (including phenoxy) is 3. The molecule has 0 amide bonds. The Labute approximate surface area is 193 Å². The van der Waals surface area contributed by atoms with E-state index in [9.17, 15) is 0 Å². The molecule has 2 N–H and O–H groups in total. The summed E-state index contributed by atoms with van der Waals surface area (Å²) >= 11 is 0. The minimum absolute atomic E-state index is 0. The summed E-state index contributed by atoms with van der Waals surface area (Å²) < 4.78 is 17.3. The molecule has 0 bridgehead atoms. The van der Waals surface area contributed by atoms with Gasteiger partial charge < -0.3 is 24.8 Å². The summed E-state index contributed by atoms with van der Waals surface area (Å²) in [6.45, 7) is 8.85. The maximum atomic E-state index is 6.07. The molecule has 0 spiro atoms. The summed E-state index contributed by atoms with van der Waals surface area (Å²) in [7, 11) is 1.79. The Hall–Kier alpha value is -1.06. The number of aryl methyl sites for hydroxylation is 1. The fraction of sp³-hybridized carbons (Fsp3) is 0.682. The molecule has 0 aromatic heterocycles. The number of benzene rings is 1. The van der Waals surface area contributed by atoms with Gasteiger partial charge in [0.15, 0.2) is 5.96 Å². The van der Waals surface area contributed by atoms with Crippen LogP contribution < -0.4 is 15.4 Å². The van der Waals surface area contributed by atoms with Crippen molar-refractivity contribution >= 4 is 29.9 Å². The van der Waals surface area contributed by atoms with Gasteiger partial charge in [-0.15, -0.1) is 24.0 Å². The Morgan fingerprint density at radius 1 is 1.24 bits per heavy atom. The molecule has 1 atom stereocenters. The Balaban J connectivity index is 0.00000420. The minimum atomic E-state index is 0. The molecular weight excluding hydrogens is 481 g/mol. The van der Waals surface area contributed by atoms with Gasteiger partial charge in [0.05, 0.1) is 6.10 Å². The summed E-state index contributed by atoms with van der Waals surface area (Å²) in [5.41, 5.74) is 2.31. The number of nitrogens with one attached hydrogen (secondary N) is 2. The Morgan fingerprint density at radius 3 is 2.79 bits per heavy atom. The third kappa shape index (κ3) is 10.5. The quantitative estimate of drug-likeness (QED) is 0.189. The number of guanidine groups is 1. The van der Waals surface area contributed by atoms with Crippen molar-refractivity contribution in [1.82, 2.24) is 10.6 Å². The highest BCUT2D eigenvalue weighted by Crippen LogP contribution is 2.22. The lowest BCUT2D eigenvalue weighted by atomic mass is 10.1. The summed E-state index contributed by atoms with van der Waals surface area (Å²) in [6.07, 6.45) is 5.69. The van der Waals surface area contributed by atoms with Crippen molar-refractivity contribution in [2.45, 2.75) is 58.6 Å². The van der Waals surface area contributed by atoms with Crippen LogP contribution in [-0.4, -0.2) is 52.1 Å². The number of hydrogen-bond acceptors (Lipinski definition) is 4. The molecule has 1 aromatic carbocycles. The van der Waals surface area contributed by atoms with E-state index in [4.69, 9.17) is 14.2 Å². The number of rotatable bonds is 12. The van der Waals surface area contributed by atoms with Crippen LogP contribution in [0.3, 0.4) is 0 Å². The third-order valence-corrected chi connectivity index (χ3v) is 4.74. The van der Waals surface area contributed by atoms with Crippen LogP contribution in [0.5, 0.6) is 5.75 Å². The van der Waals surface area contributed by atoms with Gasteiger partial charge in [0.2, 0.25) is 0 Å². The average molecular weight is 519 g/mol. The van der Waals surface area contributed by atoms with Gasteiger partial charge in [0.25, 0.3) is 0 Å². The lowest BCUT2D eigenvalue weighted by molar-refractivity contribution is 0.0676. The van der Waals surface area contributed by atoms with E-state index >= 15 is 0 Å². The highest BCUT2D eigenvalue weighted by atomic mass is 127. The van der Waals surface area contributed by atoms with Gasteiger partial charge in [0, 0.05) is 45.5 Å². The zero-order valence-electron chi connectivity index (χ0n) is 18.2. The van der Waals surface area contributed by atoms with Crippen LogP contribution in [0.2, 0.25) is 0 Å². The first-order valence-electron chi connectivity index (χ1n) is 10.6. The topological polar surface area (TPSA) is 64.1 Å². The van der Waals surface area contributed by atoms with Crippen molar-refractivity contribution < 1.29 is 14.2 Å². The minimum Gasteiger partial charge on any atom is -0.491 e. The second-order valence-corrected chi connectivity index (χ2v) is 7.23. The van der Waals surface area contributed by atoms with Gasteiger partial charge in [-0.3, -0.25) is 4.99 Å². The van der Waals surface area contributed by atoms with Crippen molar-refractivity contribution in [2.75, 3.05) is 40.0 Å². The monoisotopic (exact) mass is 519 g/mol. The largest absolute Gasteiger partial charge is 0.491 e. The Morgan fingerprint density at radius 2 is 2.07 bits per heavy atom. The van der Waals surface area contributed by atoms with Crippen LogP contribution in [0.1, 0.15) is 50.2 Å². The normalized spacial score (nSPS) is 16.4. The SMILES string of the molecule is CCCCOCCCNC(=NC)NCc1ccc(C)cc1OCC1CCCO1.I. The standard InChI is InChI=1S/C22H37N3O3.HI/c1-4-5-12-26-13-7-11-24-22(23-3)25-16-19-10-9-18(2)15-21(19)28-17-20-8-6-14-27-20;/h9-10,15,20H,4-8,11-14,16-17H2,1-3H3,(H2,23,24,25);1H. The van der Waals surface area contributed by atoms with E-state index in [0.717, 1.165) is 69.3 Å². The predicted molar refractivity (Wildman–Crippen MR) is 130 cm³/mol. The molecule has 6 nitrogen and oxygen atoms in total. The molecule has 2 rings (SSSR count). The summed E-state index contributed by atoms with van der Waals surface area (Å²) in [4.78, 5) is 4.30. The fourth-order valence-electron chi connectivity index (χ4n) is 3.03. The number of unbranched alkanes of at least 4 members (excludes halogenated alkanes) is 1. The number of aliphatic imine (C=N–C) groups is 1. The molecule has 1 fully saturated rings. The molecular formula is C22H38IN3O3. The molecule has 0 radical (unpaired) electrons. The van der Waals surface area contributed by atoms with Crippen molar-refractivity contribution in [2.24, 2.45) is 4.99 Å². The van der Waals surface area contributed by atoms with E-state index in [0.29, 0.717) is 13.2 Å². The van der Waals surface area contributed by atoms with Crippen LogP contribution in [-0.2, 0) is 16.0 Å². The lowest BCUT2D eigenvalue weighted by Crippen LogP contribution is -2.37. The predicted octanol–water partition coefficient (Wildman–Crippen LogP) is 4.04. The summed E-state index contributed by atoms with van der Waals surface area (Å²) in [5, 5.41) is 6.71. The van der Waals surface area contributed by atoms with Crippen molar-refractivity contribution in [3.05, 3.63) is 29.3 Å². The first kappa shape index (κ1) is 26.0. The van der Waals surface area contributed by atoms with Gasteiger partial charge >= 0.3 is 0 Å². The Kier molecular flexibility index (Phi) is 14.1. The van der Waals surface area contributed by atoms with Crippen LogP contribution in [0.25, 0.3) is 0 Å². The van der Waals surface area contributed by atoms with Gasteiger partial charge in [0.1, 0.15) is 12.4 Å². The molecule has 0 aliphatic carbocycles. The molecule has 1 aliphatic rings. The molecule has 1 aromatic rings. The smallest absolute Gasteiger partial charge is 0.191 e. The van der Waals surface area contributed by atoms with Crippen molar-refractivity contribution in [3.63, 3.8) is 0 Å². The van der Waals surface area contributed by atoms with Gasteiger partial charge in [-0.1, -0.05) is 25.5 Å². The summed E-state index contributed by atoms with van der Waals surface area (Å²) in [5.74, 6) is 1.71. The molecule has 1 saturated heterocycles. The molecule has 1 aliphatic heterocycles. The number of halogens is 1.